The molecule has 5 heteroatoms. The maximum atomic E-state index is 12.7. The molecular weight excluding hydrogens is 343 g/mol. The number of carbonyl (C=O) groups is 1. The van der Waals surface area contributed by atoms with Crippen molar-refractivity contribution in [3.8, 4) is 0 Å². The first-order chi connectivity index (χ1) is 11.2. The van der Waals surface area contributed by atoms with Gasteiger partial charge in [-0.1, -0.05) is 43.1 Å². The highest BCUT2D eigenvalue weighted by Crippen LogP contribution is 2.66. The van der Waals surface area contributed by atoms with Crippen molar-refractivity contribution in [1.29, 1.82) is 0 Å². The molecule has 1 aromatic carbocycles. The molecule has 0 aliphatic heterocycles. The summed E-state index contributed by atoms with van der Waals surface area (Å²) >= 11 is 12.3. The number of anilines is 1. The van der Waals surface area contributed by atoms with Gasteiger partial charge in [-0.05, 0) is 67.4 Å². The highest BCUT2D eigenvalue weighted by atomic mass is 35.5. The number of para-hydroxylation sites is 1. The topological polar surface area (TPSA) is 41.1 Å². The van der Waals surface area contributed by atoms with E-state index in [4.69, 9.17) is 23.2 Å². The van der Waals surface area contributed by atoms with Gasteiger partial charge in [0.25, 0.3) is 0 Å². The molecule has 0 radical (unpaired) electrons. The third-order valence-corrected chi connectivity index (χ3v) is 6.84. The summed E-state index contributed by atoms with van der Waals surface area (Å²) in [7, 11) is 0. The molecule has 2 unspecified atom stereocenters. The molecule has 4 aliphatic rings. The molecule has 24 heavy (non-hydrogen) atoms. The van der Waals surface area contributed by atoms with Crippen LogP contribution >= 0.6 is 23.2 Å². The van der Waals surface area contributed by atoms with Crippen LogP contribution in [0.3, 0.4) is 0 Å². The molecule has 0 spiro atoms. The summed E-state index contributed by atoms with van der Waals surface area (Å²) in [4.78, 5) is 12.7. The van der Waals surface area contributed by atoms with E-state index in [1.165, 1.54) is 19.3 Å². The van der Waals surface area contributed by atoms with Gasteiger partial charge in [-0.3, -0.25) is 0 Å². The van der Waals surface area contributed by atoms with E-state index in [0.29, 0.717) is 26.6 Å². The third-order valence-electron chi connectivity index (χ3n) is 6.21. The van der Waals surface area contributed by atoms with Crippen LogP contribution in [-0.4, -0.2) is 11.6 Å². The summed E-state index contributed by atoms with van der Waals surface area (Å²) in [5, 5.41) is 7.10. The lowest BCUT2D eigenvalue weighted by atomic mass is 9.43. The predicted octanol–water partition coefficient (Wildman–Crippen LogP) is 5.86. The van der Waals surface area contributed by atoms with E-state index in [2.05, 4.69) is 24.5 Å². The van der Waals surface area contributed by atoms with E-state index >= 15 is 0 Å². The zero-order valence-electron chi connectivity index (χ0n) is 14.2. The van der Waals surface area contributed by atoms with Gasteiger partial charge in [0, 0.05) is 5.54 Å². The predicted molar refractivity (Wildman–Crippen MR) is 98.8 cm³/mol. The van der Waals surface area contributed by atoms with Crippen LogP contribution in [0.2, 0.25) is 10.0 Å². The van der Waals surface area contributed by atoms with Gasteiger partial charge in [0.2, 0.25) is 0 Å². The van der Waals surface area contributed by atoms with Crippen LogP contribution in [0.5, 0.6) is 0 Å². The third kappa shape index (κ3) is 2.80. The number of halogens is 2. The first-order valence-electron chi connectivity index (χ1n) is 8.73. The number of amides is 2. The molecule has 2 amide bonds. The molecule has 4 bridgehead atoms. The Balaban J connectivity index is 1.54. The minimum atomic E-state index is -0.195. The number of urea groups is 1. The van der Waals surface area contributed by atoms with Crippen LogP contribution < -0.4 is 10.6 Å². The average Bonchev–Trinajstić information content (AvgIpc) is 2.38. The Hall–Kier alpha value is -0.930. The number of hydrogen-bond acceptors (Lipinski definition) is 1. The lowest BCUT2D eigenvalue weighted by Gasteiger charge is -2.65. The number of rotatable bonds is 2. The van der Waals surface area contributed by atoms with Crippen LogP contribution in [-0.2, 0) is 0 Å². The lowest BCUT2D eigenvalue weighted by molar-refractivity contribution is -0.113. The first-order valence-corrected chi connectivity index (χ1v) is 9.49. The molecule has 5 rings (SSSR count). The standard InChI is InChI=1S/C19H24Cl2N2O/c1-17-6-12-7-18(2,9-17)11-19(8-12,10-17)23-16(24)22-15-13(20)4-3-5-14(15)21/h3-5,12H,6-11H2,1-2H3,(H2,22,23,24). The Morgan fingerprint density at radius 1 is 1.04 bits per heavy atom. The zero-order chi connectivity index (χ0) is 17.2. The summed E-state index contributed by atoms with van der Waals surface area (Å²) < 4.78 is 0. The van der Waals surface area contributed by atoms with Gasteiger partial charge < -0.3 is 10.6 Å². The summed E-state index contributed by atoms with van der Waals surface area (Å²) in [6.45, 7) is 4.80. The van der Waals surface area contributed by atoms with Crippen molar-refractivity contribution in [2.75, 3.05) is 5.32 Å². The SMILES string of the molecule is CC12CC3CC(C)(C1)CC(NC(=O)Nc1c(Cl)cccc1Cl)(C3)C2. The molecule has 0 aromatic heterocycles. The molecule has 4 aliphatic carbocycles. The fourth-order valence-corrected chi connectivity index (χ4v) is 7.08. The number of hydrogen-bond donors (Lipinski definition) is 2. The minimum Gasteiger partial charge on any atom is -0.332 e. The maximum absolute atomic E-state index is 12.7. The quantitative estimate of drug-likeness (QED) is 0.675. The molecule has 0 saturated heterocycles. The van der Waals surface area contributed by atoms with Crippen molar-refractivity contribution in [3.05, 3.63) is 28.2 Å². The van der Waals surface area contributed by atoms with E-state index in [1.54, 1.807) is 18.2 Å². The average molecular weight is 367 g/mol. The van der Waals surface area contributed by atoms with Crippen molar-refractivity contribution < 1.29 is 4.79 Å². The number of nitrogens with one attached hydrogen (secondary N) is 2. The minimum absolute atomic E-state index is 0.0826. The summed E-state index contributed by atoms with van der Waals surface area (Å²) in [6.07, 6.45) is 7.17. The van der Waals surface area contributed by atoms with E-state index in [9.17, 15) is 4.79 Å². The molecule has 3 nitrogen and oxygen atoms in total. The molecule has 0 heterocycles. The van der Waals surface area contributed by atoms with Crippen LogP contribution in [0.1, 0.15) is 52.4 Å². The van der Waals surface area contributed by atoms with E-state index in [-0.39, 0.29) is 11.6 Å². The second-order valence-corrected chi connectivity index (χ2v) is 9.90. The molecule has 4 fully saturated rings. The van der Waals surface area contributed by atoms with Crippen LogP contribution in [0.25, 0.3) is 0 Å². The van der Waals surface area contributed by atoms with Crippen molar-refractivity contribution in [2.45, 2.75) is 57.9 Å². The molecule has 2 atom stereocenters. The molecule has 2 N–H and O–H groups in total. The van der Waals surface area contributed by atoms with Crippen molar-refractivity contribution in [3.63, 3.8) is 0 Å². The Labute approximate surface area is 153 Å². The maximum Gasteiger partial charge on any atom is 0.319 e. The van der Waals surface area contributed by atoms with E-state index in [0.717, 1.165) is 25.2 Å². The molecular formula is C19H24Cl2N2O. The van der Waals surface area contributed by atoms with Gasteiger partial charge >= 0.3 is 6.03 Å². The monoisotopic (exact) mass is 366 g/mol. The summed E-state index contributed by atoms with van der Waals surface area (Å²) in [6, 6.07) is 5.04. The van der Waals surface area contributed by atoms with E-state index in [1.807, 2.05) is 0 Å². The van der Waals surface area contributed by atoms with Crippen LogP contribution in [0.4, 0.5) is 10.5 Å². The molecule has 1 aromatic rings. The van der Waals surface area contributed by atoms with Crippen molar-refractivity contribution in [1.82, 2.24) is 5.32 Å². The van der Waals surface area contributed by atoms with Crippen molar-refractivity contribution in [2.24, 2.45) is 16.7 Å². The largest absolute Gasteiger partial charge is 0.332 e. The Morgan fingerprint density at radius 2 is 1.62 bits per heavy atom. The number of carbonyl (C=O) groups excluding carboxylic acids is 1. The van der Waals surface area contributed by atoms with Gasteiger partial charge in [0.1, 0.15) is 0 Å². The fourth-order valence-electron chi connectivity index (χ4n) is 6.59. The highest BCUT2D eigenvalue weighted by Gasteiger charge is 2.60. The normalized spacial score (nSPS) is 39.8. The van der Waals surface area contributed by atoms with Crippen LogP contribution in [0, 0.1) is 16.7 Å². The lowest BCUT2D eigenvalue weighted by Crippen LogP contribution is -2.65. The zero-order valence-corrected chi connectivity index (χ0v) is 15.7. The molecule has 4 saturated carbocycles. The summed E-state index contributed by atoms with van der Waals surface area (Å²) in [5.74, 6) is 0.737. The van der Waals surface area contributed by atoms with Gasteiger partial charge in [0.15, 0.2) is 0 Å². The van der Waals surface area contributed by atoms with Crippen LogP contribution in [0.15, 0.2) is 18.2 Å². The smallest absolute Gasteiger partial charge is 0.319 e. The van der Waals surface area contributed by atoms with Gasteiger partial charge in [-0.25, -0.2) is 4.79 Å². The fraction of sp³-hybridized carbons (Fsp3) is 0.632. The van der Waals surface area contributed by atoms with Gasteiger partial charge in [-0.15, -0.1) is 0 Å². The Morgan fingerprint density at radius 3 is 2.17 bits per heavy atom. The Kier molecular flexibility index (Phi) is 3.64. The first kappa shape index (κ1) is 16.5. The Bertz CT molecular complexity index is 666. The second-order valence-electron chi connectivity index (χ2n) is 9.09. The highest BCUT2D eigenvalue weighted by molar-refractivity contribution is 6.39. The molecule has 130 valence electrons. The van der Waals surface area contributed by atoms with Gasteiger partial charge in [-0.2, -0.15) is 0 Å². The van der Waals surface area contributed by atoms with E-state index < -0.39 is 0 Å². The second kappa shape index (κ2) is 5.28. The van der Waals surface area contributed by atoms with Crippen molar-refractivity contribution >= 4 is 34.9 Å². The van der Waals surface area contributed by atoms with Gasteiger partial charge in [0.05, 0.1) is 15.7 Å². The summed E-state index contributed by atoms with van der Waals surface area (Å²) in [5.41, 5.74) is 1.13. The number of benzene rings is 1.